The third kappa shape index (κ3) is 7.68. The zero-order valence-corrected chi connectivity index (χ0v) is 31.7. The molecule has 1 aliphatic carbocycles. The second-order valence-electron chi connectivity index (χ2n) is 14.2. The fourth-order valence-corrected chi connectivity index (χ4v) is 8.65. The summed E-state index contributed by atoms with van der Waals surface area (Å²) in [5, 5.41) is 5.21. The Bertz CT molecular complexity index is 1910. The van der Waals surface area contributed by atoms with E-state index in [1.54, 1.807) is 11.9 Å². The van der Waals surface area contributed by atoms with Gasteiger partial charge in [0, 0.05) is 48.5 Å². The predicted octanol–water partition coefficient (Wildman–Crippen LogP) is 6.86. The lowest BCUT2D eigenvalue weighted by Crippen LogP contribution is -2.36. The Hall–Kier alpha value is -3.42. The summed E-state index contributed by atoms with van der Waals surface area (Å²) >= 11 is 1.79. The van der Waals surface area contributed by atoms with Crippen LogP contribution in [0.1, 0.15) is 90.7 Å². The smallest absolute Gasteiger partial charge is 0.210 e. The molecule has 2 N–H and O–H groups in total. The number of benzene rings is 2. The van der Waals surface area contributed by atoms with Crippen molar-refractivity contribution in [2.75, 3.05) is 30.8 Å². The summed E-state index contributed by atoms with van der Waals surface area (Å²) in [5.74, 6) is 0. The molecular formula is C43H57N4OS+. The van der Waals surface area contributed by atoms with Crippen LogP contribution in [0.3, 0.4) is 0 Å². The molecule has 0 unspecified atom stereocenters. The van der Waals surface area contributed by atoms with E-state index < -0.39 is 0 Å². The van der Waals surface area contributed by atoms with Crippen LogP contribution in [0.15, 0.2) is 72.5 Å². The van der Waals surface area contributed by atoms with Crippen LogP contribution in [0.4, 0.5) is 11.4 Å². The fourth-order valence-electron chi connectivity index (χ4n) is 7.81. The number of unbranched alkanes of at least 4 members (excludes halogenated alkanes) is 3. The van der Waals surface area contributed by atoms with Crippen LogP contribution < -0.4 is 36.2 Å². The van der Waals surface area contributed by atoms with Gasteiger partial charge in [-0.2, -0.15) is 4.58 Å². The lowest BCUT2D eigenvalue weighted by atomic mass is 9.80. The lowest BCUT2D eigenvalue weighted by Gasteiger charge is -2.25. The second-order valence-corrected chi connectivity index (χ2v) is 14.9. The topological polar surface area (TPSA) is 39.5 Å². The molecule has 5 rings (SSSR count). The predicted molar refractivity (Wildman–Crippen MR) is 214 cm³/mol. The Labute approximate surface area is 299 Å². The van der Waals surface area contributed by atoms with Gasteiger partial charge < -0.3 is 0 Å². The summed E-state index contributed by atoms with van der Waals surface area (Å²) < 4.78 is 4.96. The van der Waals surface area contributed by atoms with Crippen LogP contribution >= 0.6 is 11.9 Å². The highest BCUT2D eigenvalue weighted by Crippen LogP contribution is 2.48. The quantitative estimate of drug-likeness (QED) is 0.0709. The van der Waals surface area contributed by atoms with Gasteiger partial charge in [0.2, 0.25) is 5.69 Å². The van der Waals surface area contributed by atoms with Gasteiger partial charge in [0.1, 0.15) is 6.54 Å². The van der Waals surface area contributed by atoms with Crippen molar-refractivity contribution in [3.05, 3.63) is 104 Å². The monoisotopic (exact) mass is 677 g/mol. The molecule has 0 fully saturated rings. The zero-order chi connectivity index (χ0) is 35.0. The van der Waals surface area contributed by atoms with E-state index in [0.29, 0.717) is 6.61 Å². The van der Waals surface area contributed by atoms with E-state index in [4.69, 9.17) is 4.84 Å². The van der Waals surface area contributed by atoms with Gasteiger partial charge in [0.05, 0.1) is 17.7 Å². The second kappa shape index (κ2) is 16.5. The van der Waals surface area contributed by atoms with E-state index >= 15 is 0 Å². The van der Waals surface area contributed by atoms with Crippen LogP contribution in [-0.2, 0) is 15.7 Å². The molecule has 2 aliphatic heterocycles. The number of anilines is 1. The molecule has 0 aromatic heterocycles. The summed E-state index contributed by atoms with van der Waals surface area (Å²) in [6.45, 7) is 17.8. The Kier molecular flexibility index (Phi) is 12.4. The Morgan fingerprint density at radius 2 is 1.67 bits per heavy atom. The van der Waals surface area contributed by atoms with Gasteiger partial charge in [-0.25, -0.2) is 5.43 Å². The summed E-state index contributed by atoms with van der Waals surface area (Å²) in [7, 11) is 1.81. The Morgan fingerprint density at radius 1 is 0.918 bits per heavy atom. The maximum Gasteiger partial charge on any atom is 0.210 e. The molecule has 2 aromatic rings. The number of fused-ring (bicyclic) bond motifs is 4. The van der Waals surface area contributed by atoms with E-state index in [1.807, 2.05) is 7.05 Å². The number of hydrogen-bond donors (Lipinski definition) is 2. The van der Waals surface area contributed by atoms with Crippen molar-refractivity contribution in [2.45, 2.75) is 90.4 Å². The molecule has 2 aromatic carbocycles. The number of nitrogens with zero attached hydrogens (tertiary/aromatic N) is 2. The molecule has 0 saturated heterocycles. The third-order valence-corrected chi connectivity index (χ3v) is 10.9. The Morgan fingerprint density at radius 3 is 2.45 bits per heavy atom. The van der Waals surface area contributed by atoms with Crippen molar-refractivity contribution < 1.29 is 9.41 Å². The first-order chi connectivity index (χ1) is 23.7. The van der Waals surface area contributed by atoms with Gasteiger partial charge in [0.15, 0.2) is 5.71 Å². The van der Waals surface area contributed by atoms with Gasteiger partial charge in [-0.3, -0.25) is 9.14 Å². The molecule has 0 atom stereocenters. The minimum absolute atomic E-state index is 0.0675. The molecule has 0 saturated carbocycles. The van der Waals surface area contributed by atoms with Crippen LogP contribution in [0.2, 0.25) is 0 Å². The highest BCUT2D eigenvalue weighted by atomic mass is 32.2. The van der Waals surface area contributed by atoms with E-state index in [0.717, 1.165) is 50.3 Å². The average molecular weight is 678 g/mol. The molecule has 49 heavy (non-hydrogen) atoms. The van der Waals surface area contributed by atoms with Crippen molar-refractivity contribution in [3.8, 4) is 0 Å². The number of hydrazine groups is 1. The van der Waals surface area contributed by atoms with E-state index in [9.17, 15) is 0 Å². The van der Waals surface area contributed by atoms with Gasteiger partial charge in [-0.15, -0.1) is 5.59 Å². The molecule has 0 bridgehead atoms. The third-order valence-electron chi connectivity index (χ3n) is 10.1. The van der Waals surface area contributed by atoms with Crippen molar-refractivity contribution in [1.29, 1.82) is 0 Å². The zero-order valence-electron chi connectivity index (χ0n) is 30.9. The summed E-state index contributed by atoms with van der Waals surface area (Å²) in [6.07, 6.45) is 32.6. The molecule has 2 heterocycles. The molecule has 260 valence electrons. The summed E-state index contributed by atoms with van der Waals surface area (Å²) in [5.41, 5.74) is 13.5. The highest BCUT2D eigenvalue weighted by Gasteiger charge is 2.45. The van der Waals surface area contributed by atoms with Crippen LogP contribution in [0.25, 0.3) is 24.8 Å². The average Bonchev–Trinajstić information content (AvgIpc) is 3.44. The fraction of sp³-hybridized carbons (Fsp3) is 0.419. The standard InChI is InChI=1S/C43H57N4OS/c1-9-21-34-32(2)26-28-36-40(34)42(3,4)38(46(36)30-19-13-14-20-31-48-45-44-7)24-15-11-10-12-16-25-39-43(5,6)41-35-23-18-17-22-33(35)27-29-37(41)47(39)49-8/h10-12,15-16,21-29,44-45H,2,9,13-14,17-20,30-31H2,1,3-8H3/q+1/b34-21+. The van der Waals surface area contributed by atoms with Gasteiger partial charge in [-0.05, 0) is 103 Å². The van der Waals surface area contributed by atoms with Crippen molar-refractivity contribution in [1.82, 2.24) is 11.0 Å². The van der Waals surface area contributed by atoms with E-state index in [1.165, 1.54) is 56.0 Å². The van der Waals surface area contributed by atoms with Gasteiger partial charge in [0.25, 0.3) is 0 Å². The van der Waals surface area contributed by atoms with Crippen LogP contribution in [-0.4, -0.2) is 36.7 Å². The van der Waals surface area contributed by atoms with E-state index in [-0.39, 0.29) is 10.8 Å². The highest BCUT2D eigenvalue weighted by molar-refractivity contribution is 8.00. The molecule has 5 nitrogen and oxygen atoms in total. The molecule has 0 radical (unpaired) electrons. The first-order valence-corrected chi connectivity index (χ1v) is 19.3. The van der Waals surface area contributed by atoms with Crippen molar-refractivity contribution in [3.63, 3.8) is 0 Å². The summed E-state index contributed by atoms with van der Waals surface area (Å²) in [4.78, 5) is 5.34. The lowest BCUT2D eigenvalue weighted by molar-refractivity contribution is -0.438. The normalized spacial score (nSPS) is 19.0. The molecule has 0 amide bonds. The maximum atomic E-state index is 5.34. The minimum atomic E-state index is -0.125. The summed E-state index contributed by atoms with van der Waals surface area (Å²) in [6, 6.07) is 9.07. The molecule has 3 aliphatic rings. The van der Waals surface area contributed by atoms with Crippen molar-refractivity contribution >= 4 is 53.8 Å². The molecule has 6 heteroatoms. The van der Waals surface area contributed by atoms with E-state index in [2.05, 4.69) is 152 Å². The van der Waals surface area contributed by atoms with Gasteiger partial charge in [-0.1, -0.05) is 88.4 Å². The number of nitrogens with one attached hydrogen (secondary N) is 2. The molecular weight excluding hydrogens is 621 g/mol. The minimum Gasteiger partial charge on any atom is -0.288 e. The van der Waals surface area contributed by atoms with Crippen LogP contribution in [0, 0.1) is 0 Å². The first kappa shape index (κ1) is 36.9. The Balaban J connectivity index is 1.35. The SMILES string of the molecule is C=c1ccc2c(/c1=C/CC)C(C)(C)C(/C=C/C=C/C=C/C=C1\N(SC)c3ccc4c(c3C1(C)C)=CCCC=4)=[N+]2CCCCCCONNC. The van der Waals surface area contributed by atoms with Crippen LogP contribution in [0.5, 0.6) is 0 Å². The van der Waals surface area contributed by atoms with Gasteiger partial charge >= 0.3 is 0 Å². The number of hydrogen-bond acceptors (Lipinski definition) is 5. The van der Waals surface area contributed by atoms with Crippen molar-refractivity contribution in [2.24, 2.45) is 0 Å². The maximum absolute atomic E-state index is 5.34. The first-order valence-electron chi connectivity index (χ1n) is 18.1. The largest absolute Gasteiger partial charge is 0.288 e. The molecule has 0 spiro atoms. The number of allylic oxidation sites excluding steroid dienone is 8. The number of rotatable bonds is 15.